The van der Waals surface area contributed by atoms with E-state index in [0.29, 0.717) is 9.84 Å². The minimum Gasteiger partial charge on any atom is -0.400 e. The first-order valence-corrected chi connectivity index (χ1v) is 11.0. The predicted molar refractivity (Wildman–Crippen MR) is 81.2 cm³/mol. The molecule has 0 aromatic rings. The van der Waals surface area contributed by atoms with Gasteiger partial charge in [-0.1, -0.05) is 63.4 Å². The standard InChI is InChI=1S/C10H25IO2Si2/c1-7(2)8(11)10(3,4)9(12-14-5)13-15-6/h7-9H,14-15H2,1-6H3/t8-/m0/s1. The van der Waals surface area contributed by atoms with E-state index in [1.807, 2.05) is 0 Å². The molecule has 2 nitrogen and oxygen atoms in total. The third-order valence-corrected chi connectivity index (χ3v) is 6.86. The molecule has 0 saturated heterocycles. The van der Waals surface area contributed by atoms with Crippen LogP contribution in [0.2, 0.25) is 13.1 Å². The summed E-state index contributed by atoms with van der Waals surface area (Å²) in [7, 11) is -0.792. The molecule has 0 radical (unpaired) electrons. The average Bonchev–Trinajstić information content (AvgIpc) is 2.16. The van der Waals surface area contributed by atoms with Gasteiger partial charge in [0.1, 0.15) is 6.29 Å². The smallest absolute Gasteiger partial charge is 0.161 e. The van der Waals surface area contributed by atoms with E-state index in [2.05, 4.69) is 63.4 Å². The molecule has 0 saturated carbocycles. The molecule has 0 aliphatic rings. The molecule has 92 valence electrons. The molecule has 0 rings (SSSR count). The average molecular weight is 360 g/mol. The fourth-order valence-electron chi connectivity index (χ4n) is 1.77. The van der Waals surface area contributed by atoms with Gasteiger partial charge in [0.25, 0.3) is 0 Å². The maximum atomic E-state index is 5.87. The maximum Gasteiger partial charge on any atom is 0.161 e. The Kier molecular flexibility index (Phi) is 7.95. The van der Waals surface area contributed by atoms with Crippen molar-refractivity contribution in [1.29, 1.82) is 0 Å². The van der Waals surface area contributed by atoms with Gasteiger partial charge in [0, 0.05) is 9.34 Å². The Bertz CT molecular complexity index is 171. The Morgan fingerprint density at radius 1 is 1.07 bits per heavy atom. The first-order valence-electron chi connectivity index (χ1n) is 5.75. The molecule has 0 fully saturated rings. The minimum atomic E-state index is -0.396. The van der Waals surface area contributed by atoms with Crippen LogP contribution in [0.1, 0.15) is 27.7 Å². The highest BCUT2D eigenvalue weighted by atomic mass is 127. The Labute approximate surface area is 113 Å². The summed E-state index contributed by atoms with van der Waals surface area (Å²) < 4.78 is 12.3. The van der Waals surface area contributed by atoms with Crippen LogP contribution in [0.3, 0.4) is 0 Å². The first kappa shape index (κ1) is 16.1. The SMILES string of the molecule is C[SiH2]OC(O[SiH2]C)C(C)(C)[C@@H](I)C(C)C. The van der Waals surface area contributed by atoms with Crippen LogP contribution in [-0.2, 0) is 8.85 Å². The summed E-state index contributed by atoms with van der Waals surface area (Å²) in [5.74, 6) is 0.660. The van der Waals surface area contributed by atoms with Crippen LogP contribution in [0.25, 0.3) is 0 Å². The zero-order valence-corrected chi connectivity index (χ0v) is 15.8. The van der Waals surface area contributed by atoms with E-state index in [1.54, 1.807) is 0 Å². The lowest BCUT2D eigenvalue weighted by Gasteiger charge is -2.40. The van der Waals surface area contributed by atoms with Crippen LogP contribution < -0.4 is 0 Å². The van der Waals surface area contributed by atoms with Gasteiger partial charge in [0.15, 0.2) is 19.5 Å². The Morgan fingerprint density at radius 2 is 1.47 bits per heavy atom. The van der Waals surface area contributed by atoms with Crippen molar-refractivity contribution in [2.24, 2.45) is 11.3 Å². The normalized spacial score (nSPS) is 18.4. The third kappa shape index (κ3) is 4.85. The van der Waals surface area contributed by atoms with Crippen molar-refractivity contribution in [2.45, 2.75) is 51.0 Å². The first-order chi connectivity index (χ1) is 6.87. The fourth-order valence-corrected chi connectivity index (χ4v) is 3.91. The van der Waals surface area contributed by atoms with Gasteiger partial charge in [0.05, 0.1) is 0 Å². The van der Waals surface area contributed by atoms with Gasteiger partial charge in [-0.25, -0.2) is 0 Å². The quantitative estimate of drug-likeness (QED) is 0.300. The lowest BCUT2D eigenvalue weighted by atomic mass is 9.83. The summed E-state index contributed by atoms with van der Waals surface area (Å²) in [4.78, 5) is 0. The van der Waals surface area contributed by atoms with Gasteiger partial charge in [-0.2, -0.15) is 0 Å². The molecule has 1 atom stereocenters. The van der Waals surface area contributed by atoms with Crippen molar-refractivity contribution in [2.75, 3.05) is 0 Å². The fraction of sp³-hybridized carbons (Fsp3) is 1.00. The zero-order chi connectivity index (χ0) is 12.1. The van der Waals surface area contributed by atoms with Crippen LogP contribution >= 0.6 is 22.6 Å². The molecule has 0 aromatic carbocycles. The van der Waals surface area contributed by atoms with E-state index in [1.165, 1.54) is 0 Å². The van der Waals surface area contributed by atoms with Crippen molar-refractivity contribution >= 4 is 42.1 Å². The highest BCUT2D eigenvalue weighted by molar-refractivity contribution is 14.1. The van der Waals surface area contributed by atoms with Crippen molar-refractivity contribution in [3.63, 3.8) is 0 Å². The minimum absolute atomic E-state index is 0.0233. The Hall–Kier alpha value is 1.08. The number of rotatable bonds is 7. The molecule has 0 spiro atoms. The largest absolute Gasteiger partial charge is 0.400 e. The highest BCUT2D eigenvalue weighted by Gasteiger charge is 2.38. The van der Waals surface area contributed by atoms with Crippen LogP contribution in [0.15, 0.2) is 0 Å². The summed E-state index contributed by atoms with van der Waals surface area (Å²) in [6.45, 7) is 13.4. The number of halogens is 1. The van der Waals surface area contributed by atoms with Crippen LogP contribution in [0.5, 0.6) is 0 Å². The van der Waals surface area contributed by atoms with Crippen molar-refractivity contribution < 1.29 is 8.85 Å². The lowest BCUT2D eigenvalue weighted by molar-refractivity contribution is -0.0809. The lowest BCUT2D eigenvalue weighted by Crippen LogP contribution is -2.43. The van der Waals surface area contributed by atoms with Gasteiger partial charge in [-0.3, -0.25) is 0 Å². The van der Waals surface area contributed by atoms with Crippen LogP contribution in [0, 0.1) is 11.3 Å². The van der Waals surface area contributed by atoms with E-state index >= 15 is 0 Å². The second-order valence-corrected chi connectivity index (χ2v) is 7.87. The van der Waals surface area contributed by atoms with E-state index in [9.17, 15) is 0 Å². The van der Waals surface area contributed by atoms with Gasteiger partial charge in [-0.15, -0.1) is 0 Å². The maximum absolute atomic E-state index is 5.87. The van der Waals surface area contributed by atoms with Crippen molar-refractivity contribution in [3.05, 3.63) is 0 Å². The molecular formula is C10H25IO2Si2. The Morgan fingerprint density at radius 3 is 1.73 bits per heavy atom. The molecule has 0 bridgehead atoms. The monoisotopic (exact) mass is 360 g/mol. The molecular weight excluding hydrogens is 335 g/mol. The summed E-state index contributed by atoms with van der Waals surface area (Å²) in [5, 5.41) is 0. The van der Waals surface area contributed by atoms with Crippen molar-refractivity contribution in [1.82, 2.24) is 0 Å². The zero-order valence-electron chi connectivity index (χ0n) is 10.8. The highest BCUT2D eigenvalue weighted by Crippen LogP contribution is 2.37. The van der Waals surface area contributed by atoms with E-state index in [-0.39, 0.29) is 11.7 Å². The molecule has 5 heteroatoms. The van der Waals surface area contributed by atoms with Gasteiger partial charge >= 0.3 is 0 Å². The van der Waals surface area contributed by atoms with E-state index in [4.69, 9.17) is 8.85 Å². The topological polar surface area (TPSA) is 18.5 Å². The summed E-state index contributed by atoms with van der Waals surface area (Å²) in [6.07, 6.45) is 0.0233. The molecule has 0 aliphatic carbocycles. The predicted octanol–water partition coefficient (Wildman–Crippen LogP) is 2.10. The molecule has 0 N–H and O–H groups in total. The van der Waals surface area contributed by atoms with Crippen LogP contribution in [-0.4, -0.2) is 29.7 Å². The van der Waals surface area contributed by atoms with Gasteiger partial charge < -0.3 is 8.85 Å². The number of hydrogen-bond donors (Lipinski definition) is 0. The molecule has 0 aliphatic heterocycles. The molecule has 0 heterocycles. The second-order valence-electron chi connectivity index (χ2n) is 4.71. The van der Waals surface area contributed by atoms with E-state index in [0.717, 1.165) is 0 Å². The number of alkyl halides is 1. The van der Waals surface area contributed by atoms with Crippen LogP contribution in [0.4, 0.5) is 0 Å². The summed E-state index contributed by atoms with van der Waals surface area (Å²) >= 11 is 2.54. The molecule has 0 aromatic heterocycles. The molecule has 15 heavy (non-hydrogen) atoms. The van der Waals surface area contributed by atoms with Gasteiger partial charge in [0.2, 0.25) is 0 Å². The molecule has 0 unspecified atom stereocenters. The second kappa shape index (κ2) is 7.42. The van der Waals surface area contributed by atoms with Gasteiger partial charge in [-0.05, 0) is 5.92 Å². The third-order valence-electron chi connectivity index (χ3n) is 2.54. The van der Waals surface area contributed by atoms with Crippen molar-refractivity contribution in [3.8, 4) is 0 Å². The van der Waals surface area contributed by atoms with E-state index < -0.39 is 19.5 Å². The number of hydrogen-bond acceptors (Lipinski definition) is 2. The summed E-state index contributed by atoms with van der Waals surface area (Å²) in [5.41, 5.74) is 0.112. The Balaban J connectivity index is 4.60. The molecule has 0 amide bonds. The summed E-state index contributed by atoms with van der Waals surface area (Å²) in [6, 6.07) is 0.